The van der Waals surface area contributed by atoms with Crippen molar-refractivity contribution in [1.82, 2.24) is 4.72 Å². The van der Waals surface area contributed by atoms with Crippen molar-refractivity contribution in [2.24, 2.45) is 0 Å². The number of anilines is 1. The Morgan fingerprint density at radius 1 is 1.53 bits per heavy atom. The first-order valence-electron chi connectivity index (χ1n) is 5.50. The minimum absolute atomic E-state index is 0.00715. The van der Waals surface area contributed by atoms with Gasteiger partial charge in [-0.15, -0.1) is 0 Å². The molecule has 1 aromatic carbocycles. The van der Waals surface area contributed by atoms with Gasteiger partial charge in [0, 0.05) is 24.9 Å². The van der Waals surface area contributed by atoms with Crippen molar-refractivity contribution in [2.75, 3.05) is 26.0 Å². The van der Waals surface area contributed by atoms with Crippen LogP contribution in [0.2, 0.25) is 0 Å². The van der Waals surface area contributed by atoms with Crippen molar-refractivity contribution in [3.05, 3.63) is 23.5 Å². The van der Waals surface area contributed by atoms with Gasteiger partial charge in [0.2, 0.25) is 10.0 Å². The van der Waals surface area contributed by atoms with Crippen LogP contribution in [0.1, 0.15) is 5.56 Å². The number of nitrogen functional groups attached to an aromatic ring is 1. The summed E-state index contributed by atoms with van der Waals surface area (Å²) < 4.78 is 44.3. The van der Waals surface area contributed by atoms with Crippen LogP contribution in [0, 0.1) is 12.7 Å². The highest BCUT2D eigenvalue weighted by atomic mass is 32.2. The average molecular weight is 292 g/mol. The lowest BCUT2D eigenvalue weighted by molar-refractivity contribution is 0.0679. The van der Waals surface area contributed by atoms with Crippen LogP contribution in [0.15, 0.2) is 17.0 Å². The average Bonchev–Trinajstić information content (AvgIpc) is 2.31. The van der Waals surface area contributed by atoms with E-state index in [4.69, 9.17) is 5.73 Å². The molecular formula is C11H17FN2O4S. The third kappa shape index (κ3) is 4.13. The van der Waals surface area contributed by atoms with E-state index in [0.717, 1.165) is 6.07 Å². The molecule has 0 spiro atoms. The van der Waals surface area contributed by atoms with E-state index in [1.807, 2.05) is 0 Å². The minimum atomic E-state index is -3.93. The predicted octanol–water partition coefficient (Wildman–Crippen LogP) is 0.00192. The summed E-state index contributed by atoms with van der Waals surface area (Å²) in [4.78, 5) is -0.241. The van der Waals surface area contributed by atoms with Gasteiger partial charge in [0.05, 0.1) is 17.6 Å². The highest BCUT2D eigenvalue weighted by molar-refractivity contribution is 7.89. The quantitative estimate of drug-likeness (QED) is 0.641. The van der Waals surface area contributed by atoms with Crippen LogP contribution in [0.3, 0.4) is 0 Å². The van der Waals surface area contributed by atoms with Crippen molar-refractivity contribution in [3.8, 4) is 0 Å². The Labute approximate surface area is 111 Å². The first-order chi connectivity index (χ1) is 8.77. The third-order valence-corrected chi connectivity index (χ3v) is 4.03. The van der Waals surface area contributed by atoms with Crippen molar-refractivity contribution < 1.29 is 22.7 Å². The van der Waals surface area contributed by atoms with Gasteiger partial charge in [-0.05, 0) is 19.1 Å². The lowest BCUT2D eigenvalue weighted by Crippen LogP contribution is -2.34. The summed E-state index contributed by atoms with van der Waals surface area (Å²) in [5, 5.41) is 9.39. The first-order valence-corrected chi connectivity index (χ1v) is 6.98. The zero-order valence-corrected chi connectivity index (χ0v) is 11.5. The number of rotatable bonds is 6. The van der Waals surface area contributed by atoms with Gasteiger partial charge in [0.15, 0.2) is 0 Å². The van der Waals surface area contributed by atoms with Crippen LogP contribution in [-0.4, -0.2) is 39.9 Å². The molecular weight excluding hydrogens is 275 g/mol. The van der Waals surface area contributed by atoms with Crippen molar-refractivity contribution in [2.45, 2.75) is 17.9 Å². The van der Waals surface area contributed by atoms with Gasteiger partial charge in [-0.2, -0.15) is 0 Å². The van der Waals surface area contributed by atoms with Crippen molar-refractivity contribution in [3.63, 3.8) is 0 Å². The Morgan fingerprint density at radius 3 is 2.74 bits per heavy atom. The number of hydrogen-bond acceptors (Lipinski definition) is 5. The smallest absolute Gasteiger partial charge is 0.241 e. The molecule has 0 radical (unpaired) electrons. The molecule has 0 bridgehead atoms. The fraction of sp³-hybridized carbons (Fsp3) is 0.455. The molecule has 1 atom stereocenters. The van der Waals surface area contributed by atoms with Crippen LogP contribution in [0.5, 0.6) is 0 Å². The van der Waals surface area contributed by atoms with E-state index in [1.54, 1.807) is 0 Å². The fourth-order valence-electron chi connectivity index (χ4n) is 1.49. The topological polar surface area (TPSA) is 102 Å². The van der Waals surface area contributed by atoms with E-state index in [-0.39, 0.29) is 29.3 Å². The molecule has 19 heavy (non-hydrogen) atoms. The van der Waals surface area contributed by atoms with E-state index in [2.05, 4.69) is 9.46 Å². The summed E-state index contributed by atoms with van der Waals surface area (Å²) >= 11 is 0. The third-order valence-electron chi connectivity index (χ3n) is 2.48. The van der Waals surface area contributed by atoms with E-state index in [0.29, 0.717) is 0 Å². The number of sulfonamides is 1. The van der Waals surface area contributed by atoms with Gasteiger partial charge < -0.3 is 15.6 Å². The maximum absolute atomic E-state index is 13.4. The summed E-state index contributed by atoms with van der Waals surface area (Å²) in [5.74, 6) is -0.696. The molecule has 8 heteroatoms. The number of nitrogens with one attached hydrogen (secondary N) is 1. The SMILES string of the molecule is COCC(O)CNS(=O)(=O)c1cc(N)cc(F)c1C. The Bertz CT molecular complexity index is 548. The molecule has 0 aromatic heterocycles. The lowest BCUT2D eigenvalue weighted by atomic mass is 10.2. The lowest BCUT2D eigenvalue weighted by Gasteiger charge is -2.13. The summed E-state index contributed by atoms with van der Waals surface area (Å²) in [5.41, 5.74) is 5.42. The van der Waals surface area contributed by atoms with E-state index in [9.17, 15) is 17.9 Å². The second-order valence-corrected chi connectivity index (χ2v) is 5.82. The fourth-order valence-corrected chi connectivity index (χ4v) is 2.85. The largest absolute Gasteiger partial charge is 0.399 e. The number of aliphatic hydroxyl groups excluding tert-OH is 1. The summed E-state index contributed by atoms with van der Waals surface area (Å²) in [6, 6.07) is 2.22. The Hall–Kier alpha value is -1.22. The van der Waals surface area contributed by atoms with Crippen LogP contribution in [0.25, 0.3) is 0 Å². The monoisotopic (exact) mass is 292 g/mol. The molecule has 0 heterocycles. The van der Waals surface area contributed by atoms with Crippen LogP contribution in [-0.2, 0) is 14.8 Å². The molecule has 0 aliphatic carbocycles. The van der Waals surface area contributed by atoms with Gasteiger partial charge in [0.1, 0.15) is 5.82 Å². The molecule has 0 fully saturated rings. The van der Waals surface area contributed by atoms with E-state index < -0.39 is 21.9 Å². The summed E-state index contributed by atoms with van der Waals surface area (Å²) in [7, 11) is -2.55. The second-order valence-electron chi connectivity index (χ2n) is 4.09. The molecule has 108 valence electrons. The maximum Gasteiger partial charge on any atom is 0.241 e. The summed E-state index contributed by atoms with van der Waals surface area (Å²) in [6.07, 6.45) is -0.981. The number of aliphatic hydroxyl groups is 1. The van der Waals surface area contributed by atoms with Crippen LogP contribution >= 0.6 is 0 Å². The Morgan fingerprint density at radius 2 is 2.16 bits per heavy atom. The normalized spacial score (nSPS) is 13.5. The number of ether oxygens (including phenoxy) is 1. The molecule has 4 N–H and O–H groups in total. The molecule has 1 rings (SSSR count). The van der Waals surface area contributed by atoms with Gasteiger partial charge in [0.25, 0.3) is 0 Å². The number of nitrogens with two attached hydrogens (primary N) is 1. The number of halogens is 1. The molecule has 0 saturated heterocycles. The molecule has 0 aliphatic rings. The molecule has 0 saturated carbocycles. The molecule has 0 amide bonds. The highest BCUT2D eigenvalue weighted by Gasteiger charge is 2.20. The van der Waals surface area contributed by atoms with Crippen molar-refractivity contribution >= 4 is 15.7 Å². The molecule has 6 nitrogen and oxygen atoms in total. The number of benzene rings is 1. The highest BCUT2D eigenvalue weighted by Crippen LogP contribution is 2.21. The zero-order chi connectivity index (χ0) is 14.6. The standard InChI is InChI=1S/C11H17FN2O4S/c1-7-10(12)3-8(13)4-11(7)19(16,17)14-5-9(15)6-18-2/h3-4,9,14-15H,5-6,13H2,1-2H3. The Kier molecular flexibility index (Phi) is 5.24. The van der Waals surface area contributed by atoms with E-state index in [1.165, 1.54) is 20.1 Å². The van der Waals surface area contributed by atoms with Gasteiger partial charge >= 0.3 is 0 Å². The molecule has 0 aliphatic heterocycles. The van der Waals surface area contributed by atoms with Crippen LogP contribution < -0.4 is 10.5 Å². The number of hydrogen-bond donors (Lipinski definition) is 3. The summed E-state index contributed by atoms with van der Waals surface area (Å²) in [6.45, 7) is 1.10. The van der Waals surface area contributed by atoms with Gasteiger partial charge in [-0.1, -0.05) is 0 Å². The predicted molar refractivity (Wildman–Crippen MR) is 68.6 cm³/mol. The molecule has 1 unspecified atom stereocenters. The number of methoxy groups -OCH3 is 1. The van der Waals surface area contributed by atoms with Gasteiger partial charge in [-0.25, -0.2) is 17.5 Å². The first kappa shape index (κ1) is 15.8. The second kappa shape index (κ2) is 6.29. The molecule has 1 aromatic rings. The Balaban J connectivity index is 2.95. The van der Waals surface area contributed by atoms with Crippen LogP contribution in [0.4, 0.5) is 10.1 Å². The zero-order valence-electron chi connectivity index (χ0n) is 10.7. The minimum Gasteiger partial charge on any atom is -0.399 e. The van der Waals surface area contributed by atoms with E-state index >= 15 is 0 Å². The maximum atomic E-state index is 13.4. The van der Waals surface area contributed by atoms with Crippen molar-refractivity contribution in [1.29, 1.82) is 0 Å². The van der Waals surface area contributed by atoms with Gasteiger partial charge in [-0.3, -0.25) is 0 Å².